The smallest absolute Gasteiger partial charge is 0.123 e. The summed E-state index contributed by atoms with van der Waals surface area (Å²) in [6.07, 6.45) is 3.73. The third-order valence-corrected chi connectivity index (χ3v) is 2.62. The van der Waals surface area contributed by atoms with Crippen LogP contribution in [0.1, 0.15) is 11.1 Å². The van der Waals surface area contributed by atoms with Crippen molar-refractivity contribution in [2.24, 2.45) is 0 Å². The normalized spacial score (nSPS) is 10.5. The van der Waals surface area contributed by atoms with Gasteiger partial charge in [0.2, 0.25) is 0 Å². The highest BCUT2D eigenvalue weighted by Crippen LogP contribution is 2.20. The van der Waals surface area contributed by atoms with Gasteiger partial charge in [0.25, 0.3) is 0 Å². The van der Waals surface area contributed by atoms with Gasteiger partial charge in [-0.1, -0.05) is 6.07 Å². The van der Waals surface area contributed by atoms with Crippen molar-refractivity contribution < 1.29 is 4.74 Å². The van der Waals surface area contributed by atoms with E-state index in [1.54, 1.807) is 13.3 Å². The number of hydrogen-bond donors (Lipinski definition) is 1. The zero-order chi connectivity index (χ0) is 12.1. The Labute approximate surface area is 101 Å². The molecule has 0 radical (unpaired) electrons. The van der Waals surface area contributed by atoms with E-state index >= 15 is 0 Å². The molecule has 2 rings (SSSR count). The molecule has 17 heavy (non-hydrogen) atoms. The summed E-state index contributed by atoms with van der Waals surface area (Å²) in [5.41, 5.74) is 2.39. The van der Waals surface area contributed by atoms with E-state index in [0.29, 0.717) is 0 Å². The number of nitrogens with one attached hydrogen (secondary N) is 1. The average Bonchev–Trinajstić information content (AvgIpc) is 2.83. The van der Waals surface area contributed by atoms with Crippen LogP contribution in [-0.4, -0.2) is 23.9 Å². The molecule has 0 spiro atoms. The van der Waals surface area contributed by atoms with Crippen LogP contribution >= 0.6 is 0 Å². The number of methoxy groups -OCH3 is 1. The van der Waals surface area contributed by atoms with Gasteiger partial charge < -0.3 is 10.1 Å². The quantitative estimate of drug-likeness (QED) is 0.850. The van der Waals surface area contributed by atoms with Crippen molar-refractivity contribution in [3.05, 3.63) is 47.8 Å². The number of nitrogens with zero attached hydrogens (tertiary/aromatic N) is 2. The lowest BCUT2D eigenvalue weighted by atomic mass is 10.1. The van der Waals surface area contributed by atoms with E-state index < -0.39 is 0 Å². The molecule has 0 bridgehead atoms. The van der Waals surface area contributed by atoms with Crippen LogP contribution in [0, 0.1) is 0 Å². The third kappa shape index (κ3) is 2.85. The van der Waals surface area contributed by atoms with Crippen molar-refractivity contribution in [3.8, 4) is 5.75 Å². The number of benzene rings is 1. The van der Waals surface area contributed by atoms with Crippen molar-refractivity contribution in [3.63, 3.8) is 0 Å². The Bertz CT molecular complexity index is 466. The largest absolute Gasteiger partial charge is 0.496 e. The fourth-order valence-electron chi connectivity index (χ4n) is 1.84. The first-order chi connectivity index (χ1) is 8.33. The van der Waals surface area contributed by atoms with Crippen LogP contribution in [0.15, 0.2) is 36.7 Å². The molecular weight excluding hydrogens is 214 g/mol. The van der Waals surface area contributed by atoms with E-state index in [-0.39, 0.29) is 0 Å². The van der Waals surface area contributed by atoms with Crippen LogP contribution in [0.2, 0.25) is 0 Å². The third-order valence-electron chi connectivity index (χ3n) is 2.62. The molecule has 0 aliphatic heterocycles. The van der Waals surface area contributed by atoms with Crippen LogP contribution in [0.4, 0.5) is 0 Å². The van der Waals surface area contributed by atoms with E-state index in [1.165, 1.54) is 5.56 Å². The predicted octanol–water partition coefficient (Wildman–Crippen LogP) is 1.66. The van der Waals surface area contributed by atoms with E-state index in [1.807, 2.05) is 30.1 Å². The summed E-state index contributed by atoms with van der Waals surface area (Å²) in [6.45, 7) is 1.59. The van der Waals surface area contributed by atoms with Crippen LogP contribution in [0.3, 0.4) is 0 Å². The second kappa shape index (κ2) is 5.50. The summed E-state index contributed by atoms with van der Waals surface area (Å²) in [5.74, 6) is 0.903. The van der Waals surface area contributed by atoms with Gasteiger partial charge in [-0.3, -0.25) is 4.68 Å². The Morgan fingerprint density at radius 1 is 1.41 bits per heavy atom. The Balaban J connectivity index is 2.25. The number of ether oxygens (including phenoxy) is 1. The van der Waals surface area contributed by atoms with Crippen LogP contribution < -0.4 is 10.1 Å². The molecule has 1 N–H and O–H groups in total. The van der Waals surface area contributed by atoms with Crippen molar-refractivity contribution in [2.75, 3.05) is 14.2 Å². The van der Waals surface area contributed by atoms with Crippen molar-refractivity contribution >= 4 is 0 Å². The van der Waals surface area contributed by atoms with Gasteiger partial charge in [-0.05, 0) is 30.8 Å². The highest BCUT2D eigenvalue weighted by Gasteiger charge is 2.05. The van der Waals surface area contributed by atoms with Gasteiger partial charge in [0, 0.05) is 24.5 Å². The van der Waals surface area contributed by atoms with Gasteiger partial charge in [0.15, 0.2) is 0 Å². The Morgan fingerprint density at radius 2 is 2.29 bits per heavy atom. The van der Waals surface area contributed by atoms with E-state index in [4.69, 9.17) is 4.74 Å². The minimum Gasteiger partial charge on any atom is -0.496 e. The number of rotatable bonds is 5. The van der Waals surface area contributed by atoms with Gasteiger partial charge in [0.05, 0.1) is 13.7 Å². The zero-order valence-corrected chi connectivity index (χ0v) is 10.2. The Morgan fingerprint density at radius 3 is 2.94 bits per heavy atom. The van der Waals surface area contributed by atoms with Gasteiger partial charge in [-0.2, -0.15) is 5.10 Å². The first-order valence-corrected chi connectivity index (χ1v) is 5.61. The minimum atomic E-state index is 0.730. The standard InChI is InChI=1S/C13H17N3O/c1-14-9-11-4-5-13(17-2)12(8-11)10-16-7-3-6-15-16/h3-8,14H,9-10H2,1-2H3. The summed E-state index contributed by atoms with van der Waals surface area (Å²) in [5, 5.41) is 7.35. The molecule has 0 aliphatic rings. The molecule has 1 aromatic heterocycles. The minimum absolute atomic E-state index is 0.730. The van der Waals surface area contributed by atoms with E-state index in [2.05, 4.69) is 22.5 Å². The van der Waals surface area contributed by atoms with Gasteiger partial charge >= 0.3 is 0 Å². The zero-order valence-electron chi connectivity index (χ0n) is 10.2. The second-order valence-corrected chi connectivity index (χ2v) is 3.88. The maximum absolute atomic E-state index is 5.37. The molecule has 1 heterocycles. The molecule has 0 atom stereocenters. The molecule has 2 aromatic rings. The highest BCUT2D eigenvalue weighted by molar-refractivity contribution is 5.37. The molecule has 0 aliphatic carbocycles. The molecule has 0 unspecified atom stereocenters. The van der Waals surface area contributed by atoms with Crippen LogP contribution in [0.25, 0.3) is 0 Å². The summed E-state index contributed by atoms with van der Waals surface area (Å²) < 4.78 is 7.26. The molecule has 0 saturated heterocycles. The van der Waals surface area contributed by atoms with Crippen molar-refractivity contribution in [1.82, 2.24) is 15.1 Å². The summed E-state index contributed by atoms with van der Waals surface area (Å²) in [4.78, 5) is 0. The average molecular weight is 231 g/mol. The number of aromatic nitrogens is 2. The molecule has 90 valence electrons. The highest BCUT2D eigenvalue weighted by atomic mass is 16.5. The molecule has 1 aromatic carbocycles. The fraction of sp³-hybridized carbons (Fsp3) is 0.308. The molecule has 4 heteroatoms. The van der Waals surface area contributed by atoms with Gasteiger partial charge in [0.1, 0.15) is 5.75 Å². The summed E-state index contributed by atoms with van der Waals surface area (Å²) in [7, 11) is 3.64. The van der Waals surface area contributed by atoms with Crippen molar-refractivity contribution in [2.45, 2.75) is 13.1 Å². The first kappa shape index (κ1) is 11.7. The predicted molar refractivity (Wildman–Crippen MR) is 67.1 cm³/mol. The SMILES string of the molecule is CNCc1ccc(OC)c(Cn2cccn2)c1. The maximum Gasteiger partial charge on any atom is 0.123 e. The molecule has 0 fully saturated rings. The maximum atomic E-state index is 5.37. The Hall–Kier alpha value is -1.81. The van der Waals surface area contributed by atoms with Gasteiger partial charge in [-0.25, -0.2) is 0 Å². The number of hydrogen-bond acceptors (Lipinski definition) is 3. The summed E-state index contributed by atoms with van der Waals surface area (Å²) in [6, 6.07) is 8.15. The first-order valence-electron chi connectivity index (χ1n) is 5.61. The monoisotopic (exact) mass is 231 g/mol. The lowest BCUT2D eigenvalue weighted by molar-refractivity contribution is 0.407. The van der Waals surface area contributed by atoms with E-state index in [9.17, 15) is 0 Å². The van der Waals surface area contributed by atoms with Gasteiger partial charge in [-0.15, -0.1) is 0 Å². The molecule has 0 saturated carbocycles. The lowest BCUT2D eigenvalue weighted by Gasteiger charge is -2.11. The molecule has 0 amide bonds. The molecule has 4 nitrogen and oxygen atoms in total. The molecular formula is C13H17N3O. The van der Waals surface area contributed by atoms with Crippen LogP contribution in [-0.2, 0) is 13.1 Å². The lowest BCUT2D eigenvalue weighted by Crippen LogP contribution is -2.07. The fourth-order valence-corrected chi connectivity index (χ4v) is 1.84. The topological polar surface area (TPSA) is 39.1 Å². The Kier molecular flexibility index (Phi) is 3.77. The second-order valence-electron chi connectivity index (χ2n) is 3.88. The van der Waals surface area contributed by atoms with Crippen LogP contribution in [0.5, 0.6) is 5.75 Å². The summed E-state index contributed by atoms with van der Waals surface area (Å²) >= 11 is 0. The van der Waals surface area contributed by atoms with Crippen molar-refractivity contribution in [1.29, 1.82) is 0 Å². The van der Waals surface area contributed by atoms with E-state index in [0.717, 1.165) is 24.4 Å².